The lowest BCUT2D eigenvalue weighted by atomic mass is 9.93. The number of ether oxygens (including phenoxy) is 2. The normalized spacial score (nSPS) is 18.3. The molecule has 2 aromatic heterocycles. The molecule has 3 N–H and O–H groups in total. The van der Waals surface area contributed by atoms with Gasteiger partial charge in [-0.25, -0.2) is 9.48 Å². The van der Waals surface area contributed by atoms with E-state index in [9.17, 15) is 24.0 Å². The van der Waals surface area contributed by atoms with Crippen LogP contribution in [0.15, 0.2) is 36.4 Å². The van der Waals surface area contributed by atoms with E-state index < -0.39 is 24.1 Å². The smallest absolute Gasteiger partial charge is 0.467 e. The number of rotatable bonds is 14. The van der Waals surface area contributed by atoms with E-state index in [1.165, 1.54) is 15.8 Å². The van der Waals surface area contributed by atoms with E-state index in [1.807, 2.05) is 6.07 Å². The molecular weight excluding hydrogens is 678 g/mol. The Morgan fingerprint density at radius 1 is 1.00 bits per heavy atom. The monoisotopic (exact) mass is 721 g/mol. The van der Waals surface area contributed by atoms with Crippen molar-refractivity contribution in [1.82, 2.24) is 55.9 Å². The van der Waals surface area contributed by atoms with Gasteiger partial charge in [0.15, 0.2) is 18.1 Å². The van der Waals surface area contributed by atoms with Gasteiger partial charge in [-0.15, -0.1) is 15.3 Å². The van der Waals surface area contributed by atoms with Crippen molar-refractivity contribution in [2.45, 2.75) is 70.0 Å². The van der Waals surface area contributed by atoms with Crippen LogP contribution in [0.25, 0.3) is 5.69 Å². The first-order valence-electron chi connectivity index (χ1n) is 17.6. The Hall–Kier alpha value is -5.59. The van der Waals surface area contributed by atoms with Gasteiger partial charge in [-0.05, 0) is 57.6 Å². The molecule has 0 radical (unpaired) electrons. The molecule has 19 heteroatoms. The lowest BCUT2D eigenvalue weighted by Crippen LogP contribution is -2.55. The van der Waals surface area contributed by atoms with Gasteiger partial charge in [0, 0.05) is 38.2 Å². The number of aryl methyl sites for hydroxylation is 1. The maximum Gasteiger partial charge on any atom is 0.527 e. The van der Waals surface area contributed by atoms with Crippen molar-refractivity contribution in [2.24, 2.45) is 0 Å². The Labute approximate surface area is 299 Å². The number of piperazine rings is 1. The van der Waals surface area contributed by atoms with Crippen molar-refractivity contribution in [1.29, 1.82) is 0 Å². The van der Waals surface area contributed by atoms with Crippen molar-refractivity contribution in [3.8, 4) is 11.6 Å². The number of aromatic amines is 1. The highest BCUT2D eigenvalue weighted by atomic mass is 16.8. The van der Waals surface area contributed by atoms with Crippen LogP contribution in [0.2, 0.25) is 0 Å². The summed E-state index contributed by atoms with van der Waals surface area (Å²) < 4.78 is 12.2. The Morgan fingerprint density at radius 3 is 2.48 bits per heavy atom. The number of carbonyl (C=O) groups is 5. The first-order chi connectivity index (χ1) is 25.3. The summed E-state index contributed by atoms with van der Waals surface area (Å²) in [7, 11) is 0. The number of hydrogen-bond acceptors (Lipinski definition) is 13. The zero-order valence-electron chi connectivity index (χ0n) is 28.9. The zero-order chi connectivity index (χ0) is 36.5. The van der Waals surface area contributed by atoms with Gasteiger partial charge in [-0.1, -0.05) is 23.4 Å². The Bertz CT molecular complexity index is 1690. The number of hydrogen-bond donors (Lipinski definition) is 3. The predicted octanol–water partition coefficient (Wildman–Crippen LogP) is 0.387. The molecule has 3 fully saturated rings. The van der Waals surface area contributed by atoms with Gasteiger partial charge in [0.05, 0.1) is 25.4 Å². The molecule has 6 rings (SSSR count). The molecule has 0 unspecified atom stereocenters. The minimum absolute atomic E-state index is 0.0461. The van der Waals surface area contributed by atoms with Crippen molar-refractivity contribution in [3.63, 3.8) is 0 Å². The van der Waals surface area contributed by atoms with Gasteiger partial charge < -0.3 is 34.7 Å². The summed E-state index contributed by atoms with van der Waals surface area (Å²) in [5, 5.41) is 25.6. The molecule has 278 valence electrons. The number of aromatic nitrogens is 6. The first kappa shape index (κ1) is 36.2. The van der Waals surface area contributed by atoms with E-state index in [1.54, 1.807) is 41.0 Å². The van der Waals surface area contributed by atoms with Crippen molar-refractivity contribution in [2.75, 3.05) is 45.9 Å². The molecule has 1 saturated carbocycles. The number of tetrazole rings is 1. The van der Waals surface area contributed by atoms with Crippen LogP contribution in [0.1, 0.15) is 61.8 Å². The van der Waals surface area contributed by atoms with Crippen LogP contribution in [-0.4, -0.2) is 139 Å². The number of amides is 4. The predicted molar refractivity (Wildman–Crippen MR) is 180 cm³/mol. The fourth-order valence-corrected chi connectivity index (χ4v) is 6.26. The Balaban J connectivity index is 1.14. The van der Waals surface area contributed by atoms with Gasteiger partial charge in [0.1, 0.15) is 12.1 Å². The number of nitrogens with one attached hydrogen (secondary N) is 3. The Morgan fingerprint density at radius 2 is 1.79 bits per heavy atom. The molecule has 19 nitrogen and oxygen atoms in total. The lowest BCUT2D eigenvalue weighted by molar-refractivity contribution is -0.157. The molecule has 0 bridgehead atoms. The number of nitrogens with zero attached hydrogens (tertiary/aromatic N) is 8. The number of likely N-dealkylation sites (tertiary alicyclic amines) is 1. The SMILES string of the molecule is CCOC(=O)ON1CCN(C(=O)[C@H](CCc2nn[nH]n2)NC(=O)c2cc(OCC(=O)N3CCC[C@H]3C(=O)NC3CCC3)n(-c3ccccc3)n2)CC1. The topological polar surface area (TPSA) is 219 Å². The third-order valence-corrected chi connectivity index (χ3v) is 9.25. The standard InChI is InChI=1S/C33H43N11O8/c1-2-50-33(49)52-42-18-16-41(17-19-42)32(48)24(13-14-27-36-39-40-37-27)35-30(46)25-20-29(44(38-25)23-10-4-3-5-11-23)51-21-28(45)43-15-7-12-26(43)31(47)34-22-8-6-9-22/h3-5,10-11,20,22,24,26H,2,6-9,12-19,21H2,1H3,(H,34,47)(H,35,46)(H,36,37,39,40)/t24-,26-/m0/s1. The highest BCUT2D eigenvalue weighted by molar-refractivity contribution is 5.96. The van der Waals surface area contributed by atoms with Gasteiger partial charge in [-0.3, -0.25) is 19.2 Å². The van der Waals surface area contributed by atoms with Crippen molar-refractivity contribution in [3.05, 3.63) is 47.9 Å². The van der Waals surface area contributed by atoms with Crippen LogP contribution < -0.4 is 15.4 Å². The van der Waals surface area contributed by atoms with Gasteiger partial charge in [-0.2, -0.15) is 10.3 Å². The van der Waals surface area contributed by atoms with E-state index in [0.717, 1.165) is 19.3 Å². The van der Waals surface area contributed by atoms with Gasteiger partial charge in [0.25, 0.3) is 11.8 Å². The van der Waals surface area contributed by atoms with Crippen molar-refractivity contribution >= 4 is 29.8 Å². The fourth-order valence-electron chi connectivity index (χ4n) is 6.26. The molecule has 2 aliphatic heterocycles. The molecule has 3 aliphatic rings. The summed E-state index contributed by atoms with van der Waals surface area (Å²) in [6, 6.07) is 9.00. The van der Waals surface area contributed by atoms with Crippen LogP contribution in [0.5, 0.6) is 5.88 Å². The van der Waals surface area contributed by atoms with Crippen molar-refractivity contribution < 1.29 is 38.3 Å². The third-order valence-electron chi connectivity index (χ3n) is 9.25. The number of H-pyrrole nitrogens is 1. The second-order valence-corrected chi connectivity index (χ2v) is 12.7. The van der Waals surface area contributed by atoms with E-state index in [0.29, 0.717) is 30.9 Å². The van der Waals surface area contributed by atoms with Crippen LogP contribution in [-0.2, 0) is 30.4 Å². The highest BCUT2D eigenvalue weighted by Gasteiger charge is 2.36. The average Bonchev–Trinajstić information content (AvgIpc) is 3.93. The quantitative estimate of drug-likeness (QED) is 0.192. The molecule has 1 aliphatic carbocycles. The number of carbonyl (C=O) groups excluding carboxylic acids is 5. The molecular formula is C33H43N11O8. The third kappa shape index (κ3) is 9.00. The minimum atomic E-state index is -0.991. The summed E-state index contributed by atoms with van der Waals surface area (Å²) in [5.74, 6) is -0.981. The minimum Gasteiger partial charge on any atom is -0.467 e. The van der Waals surface area contributed by atoms with E-state index in [-0.39, 0.29) is 87.6 Å². The maximum atomic E-state index is 13.8. The average molecular weight is 722 g/mol. The molecule has 4 amide bonds. The summed E-state index contributed by atoms with van der Waals surface area (Å²) in [6.45, 7) is 2.90. The van der Waals surface area contributed by atoms with E-state index in [4.69, 9.17) is 14.3 Å². The highest BCUT2D eigenvalue weighted by Crippen LogP contribution is 2.24. The lowest BCUT2D eigenvalue weighted by Gasteiger charge is -2.35. The molecule has 2 atom stereocenters. The van der Waals surface area contributed by atoms with E-state index >= 15 is 0 Å². The van der Waals surface area contributed by atoms with Gasteiger partial charge >= 0.3 is 6.16 Å². The summed E-state index contributed by atoms with van der Waals surface area (Å²) in [6.07, 6.45) is 3.87. The molecule has 3 aromatic rings. The van der Waals surface area contributed by atoms with Crippen LogP contribution >= 0.6 is 0 Å². The Kier molecular flexibility index (Phi) is 11.9. The molecule has 2 saturated heterocycles. The number of hydroxylamine groups is 2. The largest absolute Gasteiger partial charge is 0.527 e. The molecule has 4 heterocycles. The van der Waals surface area contributed by atoms with Crippen LogP contribution in [0.3, 0.4) is 0 Å². The molecule has 0 spiro atoms. The molecule has 52 heavy (non-hydrogen) atoms. The summed E-state index contributed by atoms with van der Waals surface area (Å²) in [5.41, 5.74) is 0.533. The summed E-state index contributed by atoms with van der Waals surface area (Å²) >= 11 is 0. The zero-order valence-corrected chi connectivity index (χ0v) is 28.9. The maximum absolute atomic E-state index is 13.8. The fraction of sp³-hybridized carbons (Fsp3) is 0.545. The van der Waals surface area contributed by atoms with Crippen LogP contribution in [0.4, 0.5) is 4.79 Å². The number of benzene rings is 1. The van der Waals surface area contributed by atoms with Gasteiger partial charge in [0.2, 0.25) is 17.7 Å². The second-order valence-electron chi connectivity index (χ2n) is 12.7. The van der Waals surface area contributed by atoms with Crippen LogP contribution in [0, 0.1) is 0 Å². The summed E-state index contributed by atoms with van der Waals surface area (Å²) in [4.78, 5) is 73.8. The molecule has 1 aromatic carbocycles. The number of para-hydroxylation sites is 1. The first-order valence-corrected chi connectivity index (χ1v) is 17.6. The second kappa shape index (κ2) is 17.1. The van der Waals surface area contributed by atoms with E-state index in [2.05, 4.69) is 36.4 Å².